The maximum absolute atomic E-state index is 12.6. The minimum atomic E-state index is -0.311. The van der Waals surface area contributed by atoms with Gasteiger partial charge in [0.1, 0.15) is 0 Å². The largest absolute Gasteiger partial charge is 0.385 e. The molecule has 0 unspecified atom stereocenters. The van der Waals surface area contributed by atoms with Crippen LogP contribution in [0.5, 0.6) is 0 Å². The number of hydrogen-bond acceptors (Lipinski definition) is 4. The molecule has 0 saturated heterocycles. The van der Waals surface area contributed by atoms with Crippen LogP contribution in [0.2, 0.25) is 0 Å². The quantitative estimate of drug-likeness (QED) is 0.853. The number of fused-ring (bicyclic) bond motifs is 2. The molecule has 0 saturated carbocycles. The summed E-state index contributed by atoms with van der Waals surface area (Å²) < 4.78 is 0. The van der Waals surface area contributed by atoms with E-state index in [1.165, 1.54) is 5.56 Å². The van der Waals surface area contributed by atoms with E-state index in [4.69, 9.17) is 4.84 Å². The third-order valence-electron chi connectivity index (χ3n) is 4.94. The smallest absolute Gasteiger partial charge is 0.278 e. The molecular weight excluding hydrogens is 342 g/mol. The Labute approximate surface area is 157 Å². The molecule has 1 N–H and O–H groups in total. The molecule has 2 heterocycles. The first-order valence-electron chi connectivity index (χ1n) is 9.06. The van der Waals surface area contributed by atoms with Crippen molar-refractivity contribution in [2.75, 3.05) is 23.4 Å². The van der Waals surface area contributed by atoms with Gasteiger partial charge in [0, 0.05) is 17.8 Å². The second-order valence-electron chi connectivity index (χ2n) is 6.95. The van der Waals surface area contributed by atoms with E-state index in [0.29, 0.717) is 12.1 Å². The number of para-hydroxylation sites is 1. The summed E-state index contributed by atoms with van der Waals surface area (Å²) in [5.74, 6) is -0.472. The van der Waals surface area contributed by atoms with Crippen LogP contribution in [0.25, 0.3) is 0 Å². The van der Waals surface area contributed by atoms with Gasteiger partial charge in [0.25, 0.3) is 11.8 Å². The molecule has 6 heteroatoms. The minimum absolute atomic E-state index is 0.162. The van der Waals surface area contributed by atoms with Gasteiger partial charge in [-0.1, -0.05) is 35.0 Å². The first-order valence-corrected chi connectivity index (χ1v) is 9.06. The normalized spacial score (nSPS) is 16.7. The number of oxime groups is 1. The number of anilines is 2. The predicted octanol–water partition coefficient (Wildman–Crippen LogP) is 2.96. The van der Waals surface area contributed by atoms with Gasteiger partial charge in [-0.25, -0.2) is 0 Å². The van der Waals surface area contributed by atoms with Gasteiger partial charge in [-0.2, -0.15) is 0 Å². The molecular formula is C21H21N3O3. The van der Waals surface area contributed by atoms with Gasteiger partial charge in [-0.15, -0.1) is 0 Å². The first-order chi connectivity index (χ1) is 13.0. The number of nitrogens with zero attached hydrogens (tertiary/aromatic N) is 2. The number of nitrogens with one attached hydrogen (secondary N) is 1. The Morgan fingerprint density at radius 1 is 1.26 bits per heavy atom. The fraction of sp³-hybridized carbons (Fsp3) is 0.286. The Bertz CT molecular complexity index is 965. The van der Waals surface area contributed by atoms with Crippen LogP contribution in [-0.4, -0.2) is 30.7 Å². The van der Waals surface area contributed by atoms with Crippen LogP contribution in [0, 0.1) is 13.8 Å². The monoisotopic (exact) mass is 363 g/mol. The molecule has 0 atom stereocenters. The van der Waals surface area contributed by atoms with Gasteiger partial charge in [0.15, 0.2) is 12.3 Å². The molecule has 27 heavy (non-hydrogen) atoms. The molecule has 2 aromatic rings. The summed E-state index contributed by atoms with van der Waals surface area (Å²) in [5.41, 5.74) is 5.79. The standard InChI is InChI=1S/C21H21N3O3/c1-13-10-14(2)19-16(11-13)20(21(26)22-19)23-27-12-18(25)24-9-5-7-15-6-3-4-8-17(15)24/h3-4,6,8,10-11H,5,7,9,12H2,1-2H3,(H,22,23,26). The predicted molar refractivity (Wildman–Crippen MR) is 104 cm³/mol. The topological polar surface area (TPSA) is 71.0 Å². The summed E-state index contributed by atoms with van der Waals surface area (Å²) >= 11 is 0. The Kier molecular flexibility index (Phi) is 4.39. The Morgan fingerprint density at radius 2 is 2.07 bits per heavy atom. The third kappa shape index (κ3) is 3.18. The van der Waals surface area contributed by atoms with Gasteiger partial charge in [-0.05, 0) is 49.9 Å². The number of carbonyl (C=O) groups is 2. The van der Waals surface area contributed by atoms with Crippen LogP contribution in [0.4, 0.5) is 11.4 Å². The highest BCUT2D eigenvalue weighted by atomic mass is 16.6. The molecule has 0 bridgehead atoms. The minimum Gasteiger partial charge on any atom is -0.385 e. The maximum Gasteiger partial charge on any atom is 0.278 e. The van der Waals surface area contributed by atoms with Crippen LogP contribution < -0.4 is 10.2 Å². The second kappa shape index (κ2) is 6.87. The van der Waals surface area contributed by atoms with Crippen molar-refractivity contribution in [1.29, 1.82) is 0 Å². The van der Waals surface area contributed by atoms with E-state index >= 15 is 0 Å². The summed E-state index contributed by atoms with van der Waals surface area (Å²) in [6.07, 6.45) is 1.89. The lowest BCUT2D eigenvalue weighted by molar-refractivity contribution is -0.123. The summed E-state index contributed by atoms with van der Waals surface area (Å²) in [5, 5.41) is 6.79. The summed E-state index contributed by atoms with van der Waals surface area (Å²) in [4.78, 5) is 31.8. The molecule has 2 aliphatic rings. The van der Waals surface area contributed by atoms with E-state index < -0.39 is 0 Å². The number of benzene rings is 2. The third-order valence-corrected chi connectivity index (χ3v) is 4.94. The molecule has 138 valence electrons. The number of amides is 2. The zero-order valence-electron chi connectivity index (χ0n) is 15.4. The van der Waals surface area contributed by atoms with Crippen molar-refractivity contribution in [3.8, 4) is 0 Å². The van der Waals surface area contributed by atoms with E-state index in [1.807, 2.05) is 50.2 Å². The van der Waals surface area contributed by atoms with Crippen LogP contribution in [0.15, 0.2) is 41.6 Å². The number of rotatable bonds is 3. The van der Waals surface area contributed by atoms with Crippen LogP contribution >= 0.6 is 0 Å². The summed E-state index contributed by atoms with van der Waals surface area (Å²) in [6.45, 7) is 4.36. The van der Waals surface area contributed by atoms with E-state index in [-0.39, 0.29) is 24.1 Å². The van der Waals surface area contributed by atoms with E-state index in [0.717, 1.165) is 35.3 Å². The highest BCUT2D eigenvalue weighted by Gasteiger charge is 2.29. The summed E-state index contributed by atoms with van der Waals surface area (Å²) in [6, 6.07) is 11.8. The van der Waals surface area contributed by atoms with Gasteiger partial charge in [0.2, 0.25) is 0 Å². The first kappa shape index (κ1) is 17.3. The van der Waals surface area contributed by atoms with Crippen molar-refractivity contribution >= 4 is 28.9 Å². The second-order valence-corrected chi connectivity index (χ2v) is 6.95. The highest BCUT2D eigenvalue weighted by Crippen LogP contribution is 2.29. The van der Waals surface area contributed by atoms with Gasteiger partial charge in [0.05, 0.1) is 5.69 Å². The van der Waals surface area contributed by atoms with E-state index in [9.17, 15) is 9.59 Å². The maximum atomic E-state index is 12.6. The fourth-order valence-corrected chi connectivity index (χ4v) is 3.73. The van der Waals surface area contributed by atoms with Crippen molar-refractivity contribution in [1.82, 2.24) is 0 Å². The van der Waals surface area contributed by atoms with Crippen molar-refractivity contribution in [3.63, 3.8) is 0 Å². The zero-order chi connectivity index (χ0) is 19.0. The molecule has 0 radical (unpaired) electrons. The van der Waals surface area contributed by atoms with Crippen LogP contribution in [0.3, 0.4) is 0 Å². The molecule has 2 aliphatic heterocycles. The molecule has 0 aliphatic carbocycles. The highest BCUT2D eigenvalue weighted by molar-refractivity contribution is 6.53. The lowest BCUT2D eigenvalue weighted by Crippen LogP contribution is -2.37. The molecule has 4 rings (SSSR count). The number of carbonyl (C=O) groups excluding carboxylic acids is 2. The van der Waals surface area contributed by atoms with E-state index in [1.54, 1.807) is 4.90 Å². The molecule has 0 fully saturated rings. The van der Waals surface area contributed by atoms with Crippen molar-refractivity contribution in [3.05, 3.63) is 58.7 Å². The average Bonchev–Trinajstić information content (AvgIpc) is 2.97. The Hall–Kier alpha value is -3.15. The SMILES string of the molecule is Cc1cc(C)c2c(c1)/C(=N/OCC(=O)N1CCCc3ccccc31)C(=O)N2. The molecule has 2 aromatic carbocycles. The van der Waals surface area contributed by atoms with Crippen molar-refractivity contribution in [2.24, 2.45) is 5.16 Å². The molecule has 0 aromatic heterocycles. The molecule has 2 amide bonds. The van der Waals surface area contributed by atoms with Crippen molar-refractivity contribution in [2.45, 2.75) is 26.7 Å². The fourth-order valence-electron chi connectivity index (χ4n) is 3.73. The van der Waals surface area contributed by atoms with Crippen LogP contribution in [0.1, 0.15) is 28.7 Å². The van der Waals surface area contributed by atoms with E-state index in [2.05, 4.69) is 10.5 Å². The molecule has 6 nitrogen and oxygen atoms in total. The zero-order valence-corrected chi connectivity index (χ0v) is 15.4. The van der Waals surface area contributed by atoms with Gasteiger partial charge >= 0.3 is 0 Å². The average molecular weight is 363 g/mol. The lowest BCUT2D eigenvalue weighted by atomic mass is 10.0. The van der Waals surface area contributed by atoms with Gasteiger partial charge < -0.3 is 15.1 Å². The Balaban J connectivity index is 1.49. The van der Waals surface area contributed by atoms with Crippen molar-refractivity contribution < 1.29 is 14.4 Å². The lowest BCUT2D eigenvalue weighted by Gasteiger charge is -2.28. The number of hydrogen-bond donors (Lipinski definition) is 1. The molecule has 0 spiro atoms. The Morgan fingerprint density at radius 3 is 2.93 bits per heavy atom. The summed E-state index contributed by atoms with van der Waals surface area (Å²) in [7, 11) is 0. The van der Waals surface area contributed by atoms with Crippen LogP contribution in [-0.2, 0) is 20.8 Å². The number of aryl methyl sites for hydroxylation is 3. The van der Waals surface area contributed by atoms with Gasteiger partial charge in [-0.3, -0.25) is 9.59 Å².